The van der Waals surface area contributed by atoms with Crippen molar-refractivity contribution in [3.05, 3.63) is 24.3 Å². The number of rotatable bonds is 6. The third-order valence-corrected chi connectivity index (χ3v) is 4.48. The molecule has 4 unspecified atom stereocenters. The van der Waals surface area contributed by atoms with Gasteiger partial charge in [-0.1, -0.05) is 0 Å². The summed E-state index contributed by atoms with van der Waals surface area (Å²) in [6.07, 6.45) is 4.42. The molecule has 0 aromatic carbocycles. The predicted molar refractivity (Wildman–Crippen MR) is 66.2 cm³/mol. The van der Waals surface area contributed by atoms with E-state index in [4.69, 9.17) is 9.05 Å². The number of nitrogens with zero attached hydrogens (tertiary/aromatic N) is 4. The van der Waals surface area contributed by atoms with Crippen molar-refractivity contribution in [3.8, 4) is 0 Å². The number of nitrogens with one attached hydrogen (secondary N) is 2. The van der Waals surface area contributed by atoms with Gasteiger partial charge in [-0.2, -0.15) is 10.2 Å². The van der Waals surface area contributed by atoms with Gasteiger partial charge in [-0.3, -0.25) is 14.8 Å². The van der Waals surface area contributed by atoms with Gasteiger partial charge in [0.15, 0.2) is 11.6 Å². The van der Waals surface area contributed by atoms with E-state index in [1.807, 2.05) is 0 Å². The van der Waals surface area contributed by atoms with Crippen LogP contribution < -0.4 is 0 Å². The Balaban J connectivity index is 1.25. The lowest BCUT2D eigenvalue weighted by Gasteiger charge is -2.03. The summed E-state index contributed by atoms with van der Waals surface area (Å²) in [5.74, 6) is 1.66. The van der Waals surface area contributed by atoms with Crippen LogP contribution in [0.1, 0.15) is 36.3 Å². The summed E-state index contributed by atoms with van der Waals surface area (Å²) in [6.45, 7) is 0. The van der Waals surface area contributed by atoms with Crippen LogP contribution in [0.15, 0.2) is 12.7 Å². The van der Waals surface area contributed by atoms with Crippen molar-refractivity contribution in [2.24, 2.45) is 0 Å². The Morgan fingerprint density at radius 2 is 1.50 bits per heavy atom. The third kappa shape index (κ3) is 2.39. The zero-order valence-electron chi connectivity index (χ0n) is 10.4. The fourth-order valence-electron chi connectivity index (χ4n) is 2.22. The minimum atomic E-state index is -2.49. The van der Waals surface area contributed by atoms with Gasteiger partial charge in [0.2, 0.25) is 0 Å². The molecule has 2 fully saturated rings. The van der Waals surface area contributed by atoms with E-state index < -0.39 is 8.25 Å². The molecule has 20 heavy (non-hydrogen) atoms. The number of aromatic amines is 2. The third-order valence-electron chi connectivity index (χ3n) is 3.49. The minimum Gasteiger partial charge on any atom is -0.306 e. The predicted octanol–water partition coefficient (Wildman–Crippen LogP) is 0.758. The summed E-state index contributed by atoms with van der Waals surface area (Å²) < 4.78 is 22.6. The highest BCUT2D eigenvalue weighted by Gasteiger charge is 2.47. The second-order valence-electron chi connectivity index (χ2n) is 4.96. The molecule has 2 heterocycles. The first kappa shape index (κ1) is 12.2. The second kappa shape index (κ2) is 4.76. The fraction of sp³-hybridized carbons (Fsp3) is 0.600. The van der Waals surface area contributed by atoms with E-state index in [9.17, 15) is 4.57 Å². The lowest BCUT2D eigenvalue weighted by Crippen LogP contribution is -1.96. The molecule has 2 aromatic heterocycles. The molecule has 2 aliphatic carbocycles. The highest BCUT2D eigenvalue weighted by atomic mass is 31.1. The molecule has 0 bridgehead atoms. The van der Waals surface area contributed by atoms with E-state index in [0.29, 0.717) is 11.6 Å². The standard InChI is InChI=1S/C10H13N6O3P/c17-20(18-7-1-5(7)9-11-3-13-15-9)19-8-2-6(8)10-12-4-14-16-10/h3-8,20H,1-2H2,(H,11,13,15)(H,12,14,16). The highest BCUT2D eigenvalue weighted by molar-refractivity contribution is 7.33. The Kier molecular flexibility index (Phi) is 2.90. The van der Waals surface area contributed by atoms with Gasteiger partial charge in [0.1, 0.15) is 12.7 Å². The first-order valence-electron chi connectivity index (χ1n) is 6.40. The fourth-order valence-corrected chi connectivity index (χ4v) is 3.29. The maximum atomic E-state index is 11.8. The Morgan fingerprint density at radius 3 is 1.90 bits per heavy atom. The highest BCUT2D eigenvalue weighted by Crippen LogP contribution is 2.51. The molecular weight excluding hydrogens is 283 g/mol. The van der Waals surface area contributed by atoms with Crippen LogP contribution in [0.4, 0.5) is 0 Å². The summed E-state index contributed by atoms with van der Waals surface area (Å²) in [5.41, 5.74) is 0. The normalized spacial score (nSPS) is 33.0. The molecule has 0 amide bonds. The molecule has 2 aromatic rings. The number of aromatic nitrogens is 6. The molecule has 0 spiro atoms. The van der Waals surface area contributed by atoms with Crippen LogP contribution in [-0.2, 0) is 13.6 Å². The first-order chi connectivity index (χ1) is 9.81. The molecule has 9 nitrogen and oxygen atoms in total. The quantitative estimate of drug-likeness (QED) is 0.755. The van der Waals surface area contributed by atoms with Gasteiger partial charge in [-0.25, -0.2) is 9.97 Å². The van der Waals surface area contributed by atoms with Crippen LogP contribution in [0, 0.1) is 0 Å². The largest absolute Gasteiger partial charge is 0.319 e. The van der Waals surface area contributed by atoms with Gasteiger partial charge >= 0.3 is 8.25 Å². The van der Waals surface area contributed by atoms with Crippen molar-refractivity contribution in [1.82, 2.24) is 30.4 Å². The Labute approximate surface area is 114 Å². The minimum absolute atomic E-state index is 0.0992. The van der Waals surface area contributed by atoms with Gasteiger partial charge in [0.05, 0.1) is 24.0 Å². The van der Waals surface area contributed by atoms with E-state index in [1.165, 1.54) is 12.7 Å². The average Bonchev–Trinajstić information content (AvgIpc) is 3.22. The van der Waals surface area contributed by atoms with Gasteiger partial charge in [-0.15, -0.1) is 0 Å². The van der Waals surface area contributed by atoms with Gasteiger partial charge in [0, 0.05) is 0 Å². The van der Waals surface area contributed by atoms with E-state index in [2.05, 4.69) is 30.4 Å². The number of H-pyrrole nitrogens is 2. The molecular formula is C10H13N6O3P. The number of hydrogen-bond donors (Lipinski definition) is 2. The molecule has 2 saturated carbocycles. The summed E-state index contributed by atoms with van der Waals surface area (Å²) in [6, 6.07) is 0. The molecule has 0 saturated heterocycles. The van der Waals surface area contributed by atoms with Crippen LogP contribution in [0.5, 0.6) is 0 Å². The van der Waals surface area contributed by atoms with Crippen LogP contribution in [0.25, 0.3) is 0 Å². The summed E-state index contributed by atoms with van der Waals surface area (Å²) in [5, 5.41) is 13.3. The average molecular weight is 296 g/mol. The van der Waals surface area contributed by atoms with Crippen LogP contribution in [0.3, 0.4) is 0 Å². The maximum absolute atomic E-state index is 11.8. The molecule has 0 aliphatic heterocycles. The summed E-state index contributed by atoms with van der Waals surface area (Å²) in [4.78, 5) is 8.11. The molecule has 2 N–H and O–H groups in total. The van der Waals surface area contributed by atoms with Crippen LogP contribution in [0.2, 0.25) is 0 Å². The van der Waals surface area contributed by atoms with Crippen molar-refractivity contribution in [2.45, 2.75) is 36.9 Å². The summed E-state index contributed by atoms with van der Waals surface area (Å²) in [7, 11) is -2.49. The van der Waals surface area contributed by atoms with Crippen molar-refractivity contribution >= 4 is 8.25 Å². The Bertz CT molecular complexity index is 550. The van der Waals surface area contributed by atoms with Gasteiger partial charge in [-0.05, 0) is 12.8 Å². The SMILES string of the molecule is O=[PH](OC1CC1c1nc[nH]n1)OC1CC1c1nc[nH]n1. The van der Waals surface area contributed by atoms with Gasteiger partial charge < -0.3 is 9.05 Å². The molecule has 2 aliphatic rings. The topological polar surface area (TPSA) is 119 Å². The molecule has 4 rings (SSSR count). The second-order valence-corrected chi connectivity index (χ2v) is 5.93. The molecule has 10 heteroatoms. The van der Waals surface area contributed by atoms with E-state index >= 15 is 0 Å². The summed E-state index contributed by atoms with van der Waals surface area (Å²) >= 11 is 0. The Hall–Kier alpha value is -1.57. The van der Waals surface area contributed by atoms with Crippen LogP contribution in [-0.4, -0.2) is 42.6 Å². The lowest BCUT2D eigenvalue weighted by atomic mass is 10.4. The van der Waals surface area contributed by atoms with Crippen molar-refractivity contribution < 1.29 is 13.6 Å². The van der Waals surface area contributed by atoms with Crippen molar-refractivity contribution in [1.29, 1.82) is 0 Å². The molecule has 0 radical (unpaired) electrons. The molecule has 4 atom stereocenters. The van der Waals surface area contributed by atoms with Gasteiger partial charge in [0.25, 0.3) is 0 Å². The molecule has 106 valence electrons. The zero-order chi connectivity index (χ0) is 13.5. The van der Waals surface area contributed by atoms with E-state index in [1.54, 1.807) is 0 Å². The van der Waals surface area contributed by atoms with Crippen LogP contribution >= 0.6 is 8.25 Å². The first-order valence-corrected chi connectivity index (χ1v) is 7.62. The van der Waals surface area contributed by atoms with Crippen molar-refractivity contribution in [3.63, 3.8) is 0 Å². The maximum Gasteiger partial charge on any atom is 0.319 e. The lowest BCUT2D eigenvalue weighted by molar-refractivity contribution is 0.205. The monoisotopic (exact) mass is 296 g/mol. The smallest absolute Gasteiger partial charge is 0.306 e. The Morgan fingerprint density at radius 1 is 1.00 bits per heavy atom. The van der Waals surface area contributed by atoms with E-state index in [0.717, 1.165) is 12.8 Å². The number of hydrogen-bond acceptors (Lipinski definition) is 7. The van der Waals surface area contributed by atoms with Crippen molar-refractivity contribution in [2.75, 3.05) is 0 Å². The van der Waals surface area contributed by atoms with E-state index in [-0.39, 0.29) is 24.0 Å². The zero-order valence-corrected chi connectivity index (χ0v) is 11.4.